The van der Waals surface area contributed by atoms with Crippen molar-refractivity contribution in [2.24, 2.45) is 0 Å². The van der Waals surface area contributed by atoms with Crippen LogP contribution in [-0.2, 0) is 12.3 Å². The summed E-state index contributed by atoms with van der Waals surface area (Å²) in [7, 11) is 1.42. The summed E-state index contributed by atoms with van der Waals surface area (Å²) in [5.74, 6) is 0.824. The van der Waals surface area contributed by atoms with Crippen LogP contribution in [0.2, 0.25) is 0 Å². The van der Waals surface area contributed by atoms with Crippen LogP contribution in [0.4, 0.5) is 10.8 Å². The van der Waals surface area contributed by atoms with Crippen molar-refractivity contribution >= 4 is 33.9 Å². The highest BCUT2D eigenvalue weighted by Gasteiger charge is 2.15. The van der Waals surface area contributed by atoms with E-state index in [4.69, 9.17) is 4.74 Å². The standard InChI is InChI=1S/C17H16N4O3S2/c1-24-15-8-7-13(9-14(15)21(22)23)11-25-17-20-19-16(26-17)18-10-12-5-3-2-4-6-12/h2-9H,10-11H2,1H3,(H,18,19). The van der Waals surface area contributed by atoms with Gasteiger partial charge in [0.15, 0.2) is 10.1 Å². The fourth-order valence-electron chi connectivity index (χ4n) is 2.23. The van der Waals surface area contributed by atoms with Gasteiger partial charge in [-0.15, -0.1) is 10.2 Å². The molecular weight excluding hydrogens is 372 g/mol. The summed E-state index contributed by atoms with van der Waals surface area (Å²) in [5.41, 5.74) is 1.96. The van der Waals surface area contributed by atoms with Gasteiger partial charge >= 0.3 is 5.69 Å². The molecule has 3 aromatic rings. The molecule has 0 unspecified atom stereocenters. The second-order valence-electron chi connectivity index (χ2n) is 5.26. The third-order valence-electron chi connectivity index (χ3n) is 3.50. The molecule has 0 saturated carbocycles. The van der Waals surface area contributed by atoms with E-state index in [9.17, 15) is 10.1 Å². The zero-order valence-electron chi connectivity index (χ0n) is 13.9. The first-order valence-corrected chi connectivity index (χ1v) is 9.51. The van der Waals surface area contributed by atoms with Crippen molar-refractivity contribution in [1.82, 2.24) is 10.2 Å². The number of thioether (sulfide) groups is 1. The largest absolute Gasteiger partial charge is 0.490 e. The average molecular weight is 388 g/mol. The molecule has 2 aromatic carbocycles. The van der Waals surface area contributed by atoms with Crippen molar-refractivity contribution in [2.75, 3.05) is 12.4 Å². The Bertz CT molecular complexity index is 887. The molecule has 9 heteroatoms. The lowest BCUT2D eigenvalue weighted by molar-refractivity contribution is -0.385. The molecule has 26 heavy (non-hydrogen) atoms. The third-order valence-corrected chi connectivity index (χ3v) is 5.58. The van der Waals surface area contributed by atoms with E-state index in [2.05, 4.69) is 15.5 Å². The maximum Gasteiger partial charge on any atom is 0.311 e. The number of benzene rings is 2. The maximum absolute atomic E-state index is 11.1. The molecule has 0 amide bonds. The quantitative estimate of drug-likeness (QED) is 0.348. The van der Waals surface area contributed by atoms with Crippen LogP contribution in [0.3, 0.4) is 0 Å². The molecule has 0 atom stereocenters. The van der Waals surface area contributed by atoms with Gasteiger partial charge in [-0.2, -0.15) is 0 Å². The van der Waals surface area contributed by atoms with Crippen LogP contribution in [0.5, 0.6) is 5.75 Å². The van der Waals surface area contributed by atoms with Crippen LogP contribution in [0.15, 0.2) is 52.9 Å². The van der Waals surface area contributed by atoms with Gasteiger partial charge in [-0.3, -0.25) is 10.1 Å². The minimum Gasteiger partial charge on any atom is -0.490 e. The van der Waals surface area contributed by atoms with Crippen LogP contribution >= 0.6 is 23.1 Å². The highest BCUT2D eigenvalue weighted by molar-refractivity contribution is 8.00. The topological polar surface area (TPSA) is 90.2 Å². The summed E-state index contributed by atoms with van der Waals surface area (Å²) in [6.45, 7) is 0.685. The molecule has 1 heterocycles. The third kappa shape index (κ3) is 4.70. The Kier molecular flexibility index (Phi) is 6.03. The zero-order chi connectivity index (χ0) is 18.4. The summed E-state index contributed by atoms with van der Waals surface area (Å²) in [5, 5.41) is 23.4. The zero-order valence-corrected chi connectivity index (χ0v) is 15.5. The number of hydrogen-bond donors (Lipinski definition) is 1. The molecule has 0 aliphatic carbocycles. The Morgan fingerprint density at radius 2 is 2.00 bits per heavy atom. The van der Waals surface area contributed by atoms with E-state index >= 15 is 0 Å². The number of nitro benzene ring substituents is 1. The minimum atomic E-state index is -0.441. The molecule has 1 N–H and O–H groups in total. The van der Waals surface area contributed by atoms with Crippen LogP contribution in [0, 0.1) is 10.1 Å². The van der Waals surface area contributed by atoms with E-state index in [0.717, 1.165) is 15.0 Å². The molecule has 0 saturated heterocycles. The number of aromatic nitrogens is 2. The van der Waals surface area contributed by atoms with Gasteiger partial charge in [0.25, 0.3) is 0 Å². The lowest BCUT2D eigenvalue weighted by Crippen LogP contribution is -1.98. The molecule has 7 nitrogen and oxygen atoms in total. The number of hydrogen-bond acceptors (Lipinski definition) is 8. The maximum atomic E-state index is 11.1. The lowest BCUT2D eigenvalue weighted by atomic mass is 10.2. The van der Waals surface area contributed by atoms with E-state index in [1.807, 2.05) is 36.4 Å². The van der Waals surface area contributed by atoms with Gasteiger partial charge in [0.05, 0.1) is 12.0 Å². The molecule has 1 aromatic heterocycles. The minimum absolute atomic E-state index is 0.0342. The van der Waals surface area contributed by atoms with Crippen molar-refractivity contribution in [3.8, 4) is 5.75 Å². The summed E-state index contributed by atoms with van der Waals surface area (Å²) < 4.78 is 5.82. The normalized spacial score (nSPS) is 10.5. The number of nitrogens with zero attached hydrogens (tertiary/aromatic N) is 3. The van der Waals surface area contributed by atoms with Crippen molar-refractivity contribution in [2.45, 2.75) is 16.6 Å². The van der Waals surface area contributed by atoms with Gasteiger partial charge in [0.2, 0.25) is 5.13 Å². The van der Waals surface area contributed by atoms with Crippen LogP contribution < -0.4 is 10.1 Å². The van der Waals surface area contributed by atoms with E-state index < -0.39 is 4.92 Å². The molecule has 0 bridgehead atoms. The Hall–Kier alpha value is -2.65. The summed E-state index contributed by atoms with van der Waals surface area (Å²) in [4.78, 5) is 10.6. The first-order valence-electron chi connectivity index (χ1n) is 7.71. The summed E-state index contributed by atoms with van der Waals surface area (Å²) >= 11 is 2.95. The Morgan fingerprint density at radius 1 is 1.19 bits per heavy atom. The molecular formula is C17H16N4O3S2. The molecule has 0 aliphatic heterocycles. The van der Waals surface area contributed by atoms with Crippen LogP contribution in [-0.4, -0.2) is 22.2 Å². The second-order valence-corrected chi connectivity index (χ2v) is 7.46. The molecule has 134 valence electrons. The average Bonchev–Trinajstić information content (AvgIpc) is 3.13. The molecule has 0 spiro atoms. The lowest BCUT2D eigenvalue weighted by Gasteiger charge is -2.04. The van der Waals surface area contributed by atoms with Gasteiger partial charge in [0.1, 0.15) is 0 Å². The van der Waals surface area contributed by atoms with E-state index in [1.165, 1.54) is 41.8 Å². The number of rotatable bonds is 8. The van der Waals surface area contributed by atoms with E-state index in [0.29, 0.717) is 12.3 Å². The Balaban J connectivity index is 1.58. The number of methoxy groups -OCH3 is 1. The number of ether oxygens (including phenoxy) is 1. The SMILES string of the molecule is COc1ccc(CSc2nnc(NCc3ccccc3)s2)cc1[N+](=O)[O-]. The first kappa shape index (κ1) is 18.2. The van der Waals surface area contributed by atoms with Gasteiger partial charge in [-0.1, -0.05) is 59.5 Å². The van der Waals surface area contributed by atoms with Crippen molar-refractivity contribution in [1.29, 1.82) is 0 Å². The number of nitro groups is 1. The molecule has 3 rings (SSSR count). The predicted molar refractivity (Wildman–Crippen MR) is 103 cm³/mol. The second kappa shape index (κ2) is 8.63. The summed E-state index contributed by atoms with van der Waals surface area (Å²) in [6.07, 6.45) is 0. The highest BCUT2D eigenvalue weighted by atomic mass is 32.2. The smallest absolute Gasteiger partial charge is 0.311 e. The van der Waals surface area contributed by atoms with Crippen molar-refractivity contribution in [3.63, 3.8) is 0 Å². The Labute approximate surface area is 158 Å². The highest BCUT2D eigenvalue weighted by Crippen LogP contribution is 2.32. The monoisotopic (exact) mass is 388 g/mol. The van der Waals surface area contributed by atoms with Gasteiger partial charge < -0.3 is 10.1 Å². The number of nitrogens with one attached hydrogen (secondary N) is 1. The fraction of sp³-hybridized carbons (Fsp3) is 0.176. The molecule has 0 aliphatic rings. The summed E-state index contributed by atoms with van der Waals surface area (Å²) in [6, 6.07) is 15.0. The van der Waals surface area contributed by atoms with Gasteiger partial charge in [-0.25, -0.2) is 0 Å². The van der Waals surface area contributed by atoms with Gasteiger partial charge in [-0.05, 0) is 17.2 Å². The number of anilines is 1. The van der Waals surface area contributed by atoms with Crippen LogP contribution in [0.1, 0.15) is 11.1 Å². The fourth-order valence-corrected chi connectivity index (χ4v) is 3.92. The predicted octanol–water partition coefficient (Wildman–Crippen LogP) is 4.36. The molecule has 0 fully saturated rings. The molecule has 0 radical (unpaired) electrons. The van der Waals surface area contributed by atoms with E-state index in [1.54, 1.807) is 6.07 Å². The van der Waals surface area contributed by atoms with Gasteiger partial charge in [0, 0.05) is 18.4 Å². The first-order chi connectivity index (χ1) is 12.7. The Morgan fingerprint density at radius 3 is 2.73 bits per heavy atom. The van der Waals surface area contributed by atoms with Crippen LogP contribution in [0.25, 0.3) is 0 Å². The van der Waals surface area contributed by atoms with Crippen molar-refractivity contribution < 1.29 is 9.66 Å². The van der Waals surface area contributed by atoms with Crippen molar-refractivity contribution in [3.05, 3.63) is 69.8 Å². The van der Waals surface area contributed by atoms with E-state index in [-0.39, 0.29) is 11.4 Å².